The number of imidazole rings is 1. The Morgan fingerprint density at radius 3 is 2.47 bits per heavy atom. The van der Waals surface area contributed by atoms with Gasteiger partial charge in [0.1, 0.15) is 11.5 Å². The lowest BCUT2D eigenvalue weighted by Gasteiger charge is -2.35. The van der Waals surface area contributed by atoms with E-state index in [2.05, 4.69) is 65.4 Å². The van der Waals surface area contributed by atoms with Crippen molar-refractivity contribution in [2.75, 3.05) is 36.8 Å². The van der Waals surface area contributed by atoms with Crippen LogP contribution in [0.5, 0.6) is 0 Å². The molecule has 30 heavy (non-hydrogen) atoms. The smallest absolute Gasteiger partial charge is 0.137 e. The quantitative estimate of drug-likeness (QED) is 0.495. The Morgan fingerprint density at radius 1 is 0.933 bits per heavy atom. The first-order valence-corrected chi connectivity index (χ1v) is 10.9. The average molecular weight is 463 g/mol. The lowest BCUT2D eigenvalue weighted by atomic mass is 10.1. The van der Waals surface area contributed by atoms with Crippen LogP contribution < -0.4 is 10.6 Å². The molecule has 0 amide bonds. The Hall–Kier alpha value is -2.90. The molecule has 1 aromatic carbocycles. The second-order valence-electron chi connectivity index (χ2n) is 7.56. The fourth-order valence-electron chi connectivity index (χ4n) is 3.99. The lowest BCUT2D eigenvalue weighted by molar-refractivity contribution is 0.246. The molecule has 6 nitrogen and oxygen atoms in total. The number of fused-ring (bicyclic) bond motifs is 1. The molecule has 0 atom stereocenters. The van der Waals surface area contributed by atoms with Crippen LogP contribution in [0, 0.1) is 0 Å². The van der Waals surface area contributed by atoms with Gasteiger partial charge in [-0.25, -0.2) is 9.97 Å². The standard InChI is InChI=1S/C23H23BrN6/c24-18-6-4-17(5-7-18)23-20(30-15-19(25)8-9-22(30)27-23)16-28-11-13-29(14-12-28)21-3-1-2-10-26-21/h1-10,15H,11-14,16,25H2. The molecule has 4 heterocycles. The van der Waals surface area contributed by atoms with E-state index < -0.39 is 0 Å². The minimum Gasteiger partial charge on any atom is -0.398 e. The number of benzene rings is 1. The number of anilines is 2. The highest BCUT2D eigenvalue weighted by atomic mass is 79.9. The number of rotatable bonds is 4. The van der Waals surface area contributed by atoms with Gasteiger partial charge in [0, 0.05) is 60.8 Å². The van der Waals surface area contributed by atoms with Crippen LogP contribution in [-0.4, -0.2) is 45.4 Å². The fraction of sp³-hybridized carbons (Fsp3) is 0.217. The van der Waals surface area contributed by atoms with Gasteiger partial charge in [0.2, 0.25) is 0 Å². The Balaban J connectivity index is 1.43. The lowest BCUT2D eigenvalue weighted by Crippen LogP contribution is -2.46. The van der Waals surface area contributed by atoms with Crippen LogP contribution in [-0.2, 0) is 6.54 Å². The maximum Gasteiger partial charge on any atom is 0.137 e. The van der Waals surface area contributed by atoms with Gasteiger partial charge in [0.25, 0.3) is 0 Å². The van der Waals surface area contributed by atoms with Crippen molar-refractivity contribution in [1.29, 1.82) is 0 Å². The van der Waals surface area contributed by atoms with E-state index in [4.69, 9.17) is 10.7 Å². The van der Waals surface area contributed by atoms with E-state index >= 15 is 0 Å². The molecule has 2 N–H and O–H groups in total. The zero-order chi connectivity index (χ0) is 20.5. The van der Waals surface area contributed by atoms with Crippen molar-refractivity contribution in [3.8, 4) is 11.3 Å². The summed E-state index contributed by atoms with van der Waals surface area (Å²) in [7, 11) is 0. The van der Waals surface area contributed by atoms with E-state index in [0.29, 0.717) is 0 Å². The molecule has 1 aliphatic heterocycles. The van der Waals surface area contributed by atoms with Gasteiger partial charge >= 0.3 is 0 Å². The predicted octanol–water partition coefficient (Wildman–Crippen LogP) is 4.06. The van der Waals surface area contributed by atoms with Crippen LogP contribution in [0.3, 0.4) is 0 Å². The predicted molar refractivity (Wildman–Crippen MR) is 124 cm³/mol. The summed E-state index contributed by atoms with van der Waals surface area (Å²) >= 11 is 3.53. The molecule has 0 aliphatic carbocycles. The number of hydrogen-bond acceptors (Lipinski definition) is 5. The SMILES string of the molecule is Nc1ccc2nc(-c3ccc(Br)cc3)c(CN3CCN(c4ccccn4)CC3)n2c1. The first-order chi connectivity index (χ1) is 14.7. The van der Waals surface area contributed by atoms with Crippen molar-refractivity contribution in [2.45, 2.75) is 6.54 Å². The molecule has 0 radical (unpaired) electrons. The van der Waals surface area contributed by atoms with Crippen molar-refractivity contribution in [2.24, 2.45) is 0 Å². The highest BCUT2D eigenvalue weighted by molar-refractivity contribution is 9.10. The van der Waals surface area contributed by atoms with Crippen LogP contribution in [0.4, 0.5) is 11.5 Å². The molecule has 0 unspecified atom stereocenters. The molecule has 0 saturated carbocycles. The largest absolute Gasteiger partial charge is 0.398 e. The third-order valence-electron chi connectivity index (χ3n) is 5.58. The third kappa shape index (κ3) is 3.78. The zero-order valence-corrected chi connectivity index (χ0v) is 18.2. The molecule has 4 aromatic rings. The number of piperazine rings is 1. The molecule has 5 rings (SSSR count). The van der Waals surface area contributed by atoms with Gasteiger partial charge in [-0.3, -0.25) is 4.90 Å². The molecule has 3 aromatic heterocycles. The summed E-state index contributed by atoms with van der Waals surface area (Å²) in [6, 6.07) is 18.3. The van der Waals surface area contributed by atoms with Crippen LogP contribution in [0.25, 0.3) is 16.9 Å². The zero-order valence-electron chi connectivity index (χ0n) is 16.6. The van der Waals surface area contributed by atoms with Crippen LogP contribution in [0.1, 0.15) is 5.69 Å². The summed E-state index contributed by atoms with van der Waals surface area (Å²) in [5.74, 6) is 1.05. The molecule has 0 bridgehead atoms. The number of aromatic nitrogens is 3. The number of nitrogen functional groups attached to an aromatic ring is 1. The Bertz CT molecular complexity index is 1150. The third-order valence-corrected chi connectivity index (χ3v) is 6.11. The molecule has 1 aliphatic rings. The van der Waals surface area contributed by atoms with Gasteiger partial charge in [-0.15, -0.1) is 0 Å². The van der Waals surface area contributed by atoms with Crippen molar-refractivity contribution >= 4 is 33.1 Å². The normalized spacial score (nSPS) is 15.0. The molecule has 1 fully saturated rings. The number of nitrogens with two attached hydrogens (primary N) is 1. The first-order valence-electron chi connectivity index (χ1n) is 10.1. The monoisotopic (exact) mass is 462 g/mol. The summed E-state index contributed by atoms with van der Waals surface area (Å²) in [5.41, 5.74) is 11.1. The first kappa shape index (κ1) is 19.1. The van der Waals surface area contributed by atoms with E-state index in [1.807, 2.05) is 36.7 Å². The topological polar surface area (TPSA) is 62.7 Å². The second kappa shape index (κ2) is 8.08. The molecular formula is C23H23BrN6. The van der Waals surface area contributed by atoms with E-state index in [9.17, 15) is 0 Å². The summed E-state index contributed by atoms with van der Waals surface area (Å²) in [4.78, 5) is 14.2. The Kier molecular flexibility index (Phi) is 5.14. The molecule has 1 saturated heterocycles. The maximum atomic E-state index is 6.09. The van der Waals surface area contributed by atoms with Gasteiger partial charge in [0.05, 0.1) is 11.4 Å². The number of hydrogen-bond donors (Lipinski definition) is 1. The van der Waals surface area contributed by atoms with Gasteiger partial charge in [-0.05, 0) is 36.4 Å². The number of nitrogens with zero attached hydrogens (tertiary/aromatic N) is 5. The molecular weight excluding hydrogens is 440 g/mol. The number of halogens is 1. The van der Waals surface area contributed by atoms with Gasteiger partial charge in [-0.2, -0.15) is 0 Å². The fourth-order valence-corrected chi connectivity index (χ4v) is 4.25. The van der Waals surface area contributed by atoms with Crippen molar-refractivity contribution in [3.05, 3.63) is 77.2 Å². The molecule has 0 spiro atoms. The van der Waals surface area contributed by atoms with Crippen LogP contribution in [0.2, 0.25) is 0 Å². The van der Waals surface area contributed by atoms with Crippen LogP contribution in [0.15, 0.2) is 71.5 Å². The van der Waals surface area contributed by atoms with Crippen LogP contribution >= 0.6 is 15.9 Å². The average Bonchev–Trinajstić information content (AvgIpc) is 3.13. The van der Waals surface area contributed by atoms with Crippen molar-refractivity contribution in [3.63, 3.8) is 0 Å². The summed E-state index contributed by atoms with van der Waals surface area (Å²) in [5, 5.41) is 0. The van der Waals surface area contributed by atoms with E-state index in [1.165, 1.54) is 5.69 Å². The van der Waals surface area contributed by atoms with E-state index in [-0.39, 0.29) is 0 Å². The maximum absolute atomic E-state index is 6.09. The van der Waals surface area contributed by atoms with Crippen molar-refractivity contribution in [1.82, 2.24) is 19.3 Å². The minimum absolute atomic E-state index is 0.739. The van der Waals surface area contributed by atoms with Gasteiger partial charge in [-0.1, -0.05) is 34.1 Å². The summed E-state index contributed by atoms with van der Waals surface area (Å²) in [6.45, 7) is 4.71. The highest BCUT2D eigenvalue weighted by Crippen LogP contribution is 2.28. The Morgan fingerprint density at radius 2 is 1.73 bits per heavy atom. The summed E-state index contributed by atoms with van der Waals surface area (Å²) < 4.78 is 3.20. The number of pyridine rings is 2. The summed E-state index contributed by atoms with van der Waals surface area (Å²) in [6.07, 6.45) is 3.83. The van der Waals surface area contributed by atoms with Crippen molar-refractivity contribution < 1.29 is 0 Å². The van der Waals surface area contributed by atoms with E-state index in [0.717, 1.165) is 65.6 Å². The Labute approximate surface area is 184 Å². The van der Waals surface area contributed by atoms with Gasteiger partial charge in [0.15, 0.2) is 0 Å². The minimum atomic E-state index is 0.739. The van der Waals surface area contributed by atoms with Gasteiger partial charge < -0.3 is 15.0 Å². The highest BCUT2D eigenvalue weighted by Gasteiger charge is 2.22. The molecule has 152 valence electrons. The van der Waals surface area contributed by atoms with E-state index in [1.54, 1.807) is 0 Å². The molecule has 7 heteroatoms. The second-order valence-corrected chi connectivity index (χ2v) is 8.47.